The number of nitriles is 1. The lowest BCUT2D eigenvalue weighted by molar-refractivity contribution is -0.123. The van der Waals surface area contributed by atoms with Crippen LogP contribution in [0.3, 0.4) is 0 Å². The molecule has 0 bridgehead atoms. The van der Waals surface area contributed by atoms with Crippen LogP contribution in [0.5, 0.6) is 0 Å². The second kappa shape index (κ2) is 7.24. The molecule has 1 aliphatic heterocycles. The molecule has 0 radical (unpaired) electrons. The third kappa shape index (κ3) is 4.19. The van der Waals surface area contributed by atoms with E-state index in [9.17, 15) is 4.79 Å². The molecule has 1 N–H and O–H groups in total. The van der Waals surface area contributed by atoms with Crippen LogP contribution in [-0.2, 0) is 4.79 Å². The van der Waals surface area contributed by atoms with Crippen LogP contribution in [0, 0.1) is 11.3 Å². The molecule has 0 aromatic carbocycles. The van der Waals surface area contributed by atoms with E-state index in [4.69, 9.17) is 5.26 Å². The van der Waals surface area contributed by atoms with Crippen molar-refractivity contribution >= 4 is 5.91 Å². The Kier molecular flexibility index (Phi) is 5.87. The van der Waals surface area contributed by atoms with Gasteiger partial charge in [0.1, 0.15) is 0 Å². The van der Waals surface area contributed by atoms with Crippen molar-refractivity contribution in [2.45, 2.75) is 45.1 Å². The lowest BCUT2D eigenvalue weighted by Crippen LogP contribution is -2.45. The van der Waals surface area contributed by atoms with E-state index < -0.39 is 0 Å². The van der Waals surface area contributed by atoms with Crippen molar-refractivity contribution in [2.75, 3.05) is 19.6 Å². The highest BCUT2D eigenvalue weighted by Gasteiger charge is 2.22. The van der Waals surface area contributed by atoms with Gasteiger partial charge in [-0.3, -0.25) is 9.69 Å². The molecule has 4 nitrogen and oxygen atoms in total. The fraction of sp³-hybridized carbons (Fsp3) is 0.833. The molecule has 1 fully saturated rings. The molecule has 1 heterocycles. The fourth-order valence-electron chi connectivity index (χ4n) is 2.23. The van der Waals surface area contributed by atoms with Crippen molar-refractivity contribution in [3.05, 3.63) is 0 Å². The van der Waals surface area contributed by atoms with Gasteiger partial charge in [0, 0.05) is 12.6 Å². The van der Waals surface area contributed by atoms with Crippen LogP contribution in [0.2, 0.25) is 0 Å². The van der Waals surface area contributed by atoms with Crippen LogP contribution in [0.15, 0.2) is 0 Å². The maximum atomic E-state index is 11.6. The van der Waals surface area contributed by atoms with Crippen LogP contribution >= 0.6 is 0 Å². The number of likely N-dealkylation sites (tertiary alicyclic amines) is 1. The first kappa shape index (κ1) is 13.0. The fourth-order valence-corrected chi connectivity index (χ4v) is 2.23. The molecule has 0 aromatic rings. The molecule has 4 heteroatoms. The first-order chi connectivity index (χ1) is 7.77. The van der Waals surface area contributed by atoms with Gasteiger partial charge < -0.3 is 5.32 Å². The molecule has 1 rings (SSSR count). The molecular formula is C12H21N3O. The number of hydrogen-bond donors (Lipinski definition) is 1. The van der Waals surface area contributed by atoms with Crippen LogP contribution in [0.25, 0.3) is 0 Å². The normalized spacial score (nSPS) is 21.4. The van der Waals surface area contributed by atoms with E-state index in [2.05, 4.69) is 17.1 Å². The highest BCUT2D eigenvalue weighted by Crippen LogP contribution is 2.18. The zero-order valence-corrected chi connectivity index (χ0v) is 10.0. The Balaban J connectivity index is 2.28. The number of piperidine rings is 1. The molecular weight excluding hydrogens is 202 g/mol. The summed E-state index contributed by atoms with van der Waals surface area (Å²) in [5.41, 5.74) is 0. The van der Waals surface area contributed by atoms with Gasteiger partial charge in [0.05, 0.1) is 19.0 Å². The van der Waals surface area contributed by atoms with Crippen molar-refractivity contribution in [2.24, 2.45) is 0 Å². The largest absolute Gasteiger partial charge is 0.354 e. The van der Waals surface area contributed by atoms with Crippen LogP contribution in [0.1, 0.15) is 39.0 Å². The van der Waals surface area contributed by atoms with E-state index in [1.54, 1.807) is 0 Å². The van der Waals surface area contributed by atoms with E-state index >= 15 is 0 Å². The number of hydrogen-bond acceptors (Lipinski definition) is 3. The van der Waals surface area contributed by atoms with Gasteiger partial charge in [0.15, 0.2) is 0 Å². The number of amides is 1. The number of nitrogens with zero attached hydrogens (tertiary/aromatic N) is 2. The van der Waals surface area contributed by atoms with E-state index in [0.717, 1.165) is 13.0 Å². The Morgan fingerprint density at radius 1 is 1.56 bits per heavy atom. The molecule has 90 valence electrons. The van der Waals surface area contributed by atoms with Gasteiger partial charge in [0.2, 0.25) is 5.91 Å². The second-order valence-electron chi connectivity index (χ2n) is 4.29. The number of rotatable bonds is 5. The highest BCUT2D eigenvalue weighted by molar-refractivity contribution is 5.78. The molecule has 0 saturated carbocycles. The maximum Gasteiger partial charge on any atom is 0.234 e. The van der Waals surface area contributed by atoms with E-state index in [-0.39, 0.29) is 5.91 Å². The summed E-state index contributed by atoms with van der Waals surface area (Å²) in [6.07, 6.45) is 5.20. The Bertz CT molecular complexity index is 259. The monoisotopic (exact) mass is 223 g/mol. The molecule has 16 heavy (non-hydrogen) atoms. The van der Waals surface area contributed by atoms with E-state index in [1.165, 1.54) is 19.3 Å². The first-order valence-corrected chi connectivity index (χ1v) is 6.15. The lowest BCUT2D eigenvalue weighted by atomic mass is 10.0. The van der Waals surface area contributed by atoms with Gasteiger partial charge >= 0.3 is 0 Å². The van der Waals surface area contributed by atoms with Crippen LogP contribution in [0.4, 0.5) is 0 Å². The first-order valence-electron chi connectivity index (χ1n) is 6.15. The number of carbonyl (C=O) groups excluding carboxylic acids is 1. The quantitative estimate of drug-likeness (QED) is 0.714. The Morgan fingerprint density at radius 3 is 3.06 bits per heavy atom. The second-order valence-corrected chi connectivity index (χ2v) is 4.29. The minimum atomic E-state index is 0.0515. The zero-order valence-electron chi connectivity index (χ0n) is 10.0. The Morgan fingerprint density at radius 2 is 2.38 bits per heavy atom. The summed E-state index contributed by atoms with van der Waals surface area (Å²) in [5, 5.41) is 11.1. The molecule has 0 unspecified atom stereocenters. The standard InChI is InChI=1S/C12H21N3O/c1-2-11-6-3-4-9-15(11)10-12(16)14-8-5-7-13/h11H,2-6,8-10H2,1H3,(H,14,16)/t11-/m0/s1. The summed E-state index contributed by atoms with van der Waals surface area (Å²) < 4.78 is 0. The van der Waals surface area contributed by atoms with E-state index in [1.807, 2.05) is 6.07 Å². The highest BCUT2D eigenvalue weighted by atomic mass is 16.2. The Hall–Kier alpha value is -1.08. The van der Waals surface area contributed by atoms with Gasteiger partial charge in [0.25, 0.3) is 0 Å². The van der Waals surface area contributed by atoms with Gasteiger partial charge in [-0.1, -0.05) is 13.3 Å². The predicted octanol–water partition coefficient (Wildman–Crippen LogP) is 1.28. The smallest absolute Gasteiger partial charge is 0.234 e. The molecule has 1 aliphatic rings. The van der Waals surface area contributed by atoms with E-state index in [0.29, 0.717) is 25.6 Å². The number of carbonyl (C=O) groups is 1. The maximum absolute atomic E-state index is 11.6. The number of nitrogens with one attached hydrogen (secondary N) is 1. The van der Waals surface area contributed by atoms with Crippen molar-refractivity contribution < 1.29 is 4.79 Å². The van der Waals surface area contributed by atoms with Gasteiger partial charge in [-0.15, -0.1) is 0 Å². The molecule has 0 spiro atoms. The van der Waals surface area contributed by atoms with Crippen molar-refractivity contribution in [3.8, 4) is 6.07 Å². The summed E-state index contributed by atoms with van der Waals surface area (Å²) in [7, 11) is 0. The third-order valence-corrected chi connectivity index (χ3v) is 3.13. The SMILES string of the molecule is CC[C@H]1CCCCN1CC(=O)NCCC#N. The van der Waals surface area contributed by atoms with Gasteiger partial charge in [-0.05, 0) is 25.8 Å². The minimum absolute atomic E-state index is 0.0515. The van der Waals surface area contributed by atoms with Crippen molar-refractivity contribution in [1.82, 2.24) is 10.2 Å². The van der Waals surface area contributed by atoms with Crippen LogP contribution < -0.4 is 5.32 Å². The summed E-state index contributed by atoms with van der Waals surface area (Å²) in [6.45, 7) is 4.17. The summed E-state index contributed by atoms with van der Waals surface area (Å²) in [6, 6.07) is 2.58. The summed E-state index contributed by atoms with van der Waals surface area (Å²) in [4.78, 5) is 13.9. The van der Waals surface area contributed by atoms with Gasteiger partial charge in [-0.2, -0.15) is 5.26 Å². The average Bonchev–Trinajstić information content (AvgIpc) is 2.30. The molecule has 1 saturated heterocycles. The summed E-state index contributed by atoms with van der Waals surface area (Å²) >= 11 is 0. The molecule has 1 atom stereocenters. The lowest BCUT2D eigenvalue weighted by Gasteiger charge is -2.34. The molecule has 0 aromatic heterocycles. The third-order valence-electron chi connectivity index (χ3n) is 3.13. The molecule has 0 aliphatic carbocycles. The minimum Gasteiger partial charge on any atom is -0.354 e. The van der Waals surface area contributed by atoms with Gasteiger partial charge in [-0.25, -0.2) is 0 Å². The average molecular weight is 223 g/mol. The zero-order chi connectivity index (χ0) is 11.8. The topological polar surface area (TPSA) is 56.1 Å². The van der Waals surface area contributed by atoms with Crippen molar-refractivity contribution in [3.63, 3.8) is 0 Å². The van der Waals surface area contributed by atoms with Crippen LogP contribution in [-0.4, -0.2) is 36.5 Å². The summed E-state index contributed by atoms with van der Waals surface area (Å²) in [5.74, 6) is 0.0515. The predicted molar refractivity (Wildman–Crippen MR) is 62.7 cm³/mol. The Labute approximate surface area is 97.6 Å². The molecule has 1 amide bonds. The van der Waals surface area contributed by atoms with Crippen molar-refractivity contribution in [1.29, 1.82) is 5.26 Å².